The van der Waals surface area contributed by atoms with Gasteiger partial charge in [-0.2, -0.15) is 0 Å². The second-order valence-electron chi connectivity index (χ2n) is 7.19. The molecule has 2 fully saturated rings. The number of hydrogen-bond donors (Lipinski definition) is 2. The number of rotatable bonds is 4. The average molecular weight is 380 g/mol. The van der Waals surface area contributed by atoms with E-state index >= 15 is 0 Å². The summed E-state index contributed by atoms with van der Waals surface area (Å²) in [7, 11) is 0. The van der Waals surface area contributed by atoms with Crippen molar-refractivity contribution in [2.24, 2.45) is 5.92 Å². The SMILES string of the molecule is O=C(O)C1CCC(NC(=O)N2CCN(Cc3ccccc3Cl)CC2)CC1. The van der Waals surface area contributed by atoms with Crippen LogP contribution in [0.1, 0.15) is 31.2 Å². The van der Waals surface area contributed by atoms with Gasteiger partial charge in [0.05, 0.1) is 5.92 Å². The Balaban J connectivity index is 1.41. The predicted molar refractivity (Wildman–Crippen MR) is 100 cm³/mol. The number of aliphatic carboxylic acids is 1. The lowest BCUT2D eigenvalue weighted by Gasteiger charge is -2.36. The molecule has 3 rings (SSSR count). The first-order chi connectivity index (χ1) is 12.5. The lowest BCUT2D eigenvalue weighted by Crippen LogP contribution is -2.53. The number of nitrogens with zero attached hydrogens (tertiary/aromatic N) is 2. The molecule has 1 aromatic carbocycles. The molecule has 142 valence electrons. The van der Waals surface area contributed by atoms with Crippen LogP contribution in [0.4, 0.5) is 4.79 Å². The molecule has 2 N–H and O–H groups in total. The van der Waals surface area contributed by atoms with Crippen molar-refractivity contribution < 1.29 is 14.7 Å². The molecule has 0 unspecified atom stereocenters. The van der Waals surface area contributed by atoms with Crippen LogP contribution in [-0.2, 0) is 11.3 Å². The maximum atomic E-state index is 12.5. The molecule has 0 spiro atoms. The van der Waals surface area contributed by atoms with Crippen molar-refractivity contribution in [3.8, 4) is 0 Å². The molecule has 1 aliphatic carbocycles. The Morgan fingerprint density at radius 3 is 2.35 bits per heavy atom. The zero-order valence-corrected chi connectivity index (χ0v) is 15.6. The third kappa shape index (κ3) is 4.89. The van der Waals surface area contributed by atoms with E-state index in [0.717, 1.165) is 43.1 Å². The van der Waals surface area contributed by atoms with Gasteiger partial charge in [-0.05, 0) is 37.3 Å². The summed E-state index contributed by atoms with van der Waals surface area (Å²) in [5.74, 6) is -0.971. The summed E-state index contributed by atoms with van der Waals surface area (Å²) in [6.45, 7) is 3.84. The standard InChI is InChI=1S/C19H26ClN3O3/c20-17-4-2-1-3-15(17)13-22-9-11-23(12-10-22)19(26)21-16-7-5-14(6-8-16)18(24)25/h1-4,14,16H,5-13H2,(H,21,26)(H,24,25). The second kappa shape index (κ2) is 8.73. The van der Waals surface area contributed by atoms with E-state index in [1.165, 1.54) is 0 Å². The zero-order chi connectivity index (χ0) is 18.5. The van der Waals surface area contributed by atoms with Crippen LogP contribution in [0.25, 0.3) is 0 Å². The third-order valence-electron chi connectivity index (χ3n) is 5.42. The van der Waals surface area contributed by atoms with E-state index in [1.807, 2.05) is 29.2 Å². The maximum Gasteiger partial charge on any atom is 0.317 e. The molecule has 1 saturated carbocycles. The number of hydrogen-bond acceptors (Lipinski definition) is 3. The van der Waals surface area contributed by atoms with Gasteiger partial charge in [-0.25, -0.2) is 4.79 Å². The van der Waals surface area contributed by atoms with E-state index in [-0.39, 0.29) is 18.0 Å². The zero-order valence-electron chi connectivity index (χ0n) is 14.9. The van der Waals surface area contributed by atoms with Gasteiger partial charge in [-0.15, -0.1) is 0 Å². The first-order valence-electron chi connectivity index (χ1n) is 9.27. The molecule has 1 aromatic rings. The molecular formula is C19H26ClN3O3. The summed E-state index contributed by atoms with van der Waals surface area (Å²) in [6, 6.07) is 7.93. The van der Waals surface area contributed by atoms with Gasteiger partial charge >= 0.3 is 12.0 Å². The highest BCUT2D eigenvalue weighted by atomic mass is 35.5. The number of carboxylic acid groups (broad SMARTS) is 1. The summed E-state index contributed by atoms with van der Waals surface area (Å²) in [6.07, 6.45) is 2.78. The molecule has 7 heteroatoms. The number of amides is 2. The van der Waals surface area contributed by atoms with Gasteiger partial charge in [0.2, 0.25) is 0 Å². The Hall–Kier alpha value is -1.79. The monoisotopic (exact) mass is 379 g/mol. The Kier molecular flexibility index (Phi) is 6.38. The van der Waals surface area contributed by atoms with Gasteiger partial charge in [-0.1, -0.05) is 29.8 Å². The highest BCUT2D eigenvalue weighted by Gasteiger charge is 2.28. The van der Waals surface area contributed by atoms with E-state index < -0.39 is 5.97 Å². The van der Waals surface area contributed by atoms with Crippen molar-refractivity contribution in [1.29, 1.82) is 0 Å². The number of benzene rings is 1. The van der Waals surface area contributed by atoms with E-state index in [2.05, 4.69) is 10.2 Å². The summed E-state index contributed by atoms with van der Waals surface area (Å²) >= 11 is 6.22. The van der Waals surface area contributed by atoms with E-state index in [0.29, 0.717) is 25.9 Å². The number of carbonyl (C=O) groups is 2. The topological polar surface area (TPSA) is 72.9 Å². The molecule has 2 aliphatic rings. The summed E-state index contributed by atoms with van der Waals surface area (Å²) in [5, 5.41) is 12.9. The Morgan fingerprint density at radius 2 is 1.73 bits per heavy atom. The average Bonchev–Trinajstić information content (AvgIpc) is 2.64. The van der Waals surface area contributed by atoms with Gasteiger partial charge in [0.15, 0.2) is 0 Å². The first kappa shape index (κ1) is 19.0. The molecule has 1 aliphatic heterocycles. The quantitative estimate of drug-likeness (QED) is 0.843. The molecule has 1 saturated heterocycles. The van der Waals surface area contributed by atoms with Gasteiger partial charge in [0.25, 0.3) is 0 Å². The summed E-state index contributed by atoms with van der Waals surface area (Å²) < 4.78 is 0. The van der Waals surface area contributed by atoms with Crippen molar-refractivity contribution in [1.82, 2.24) is 15.1 Å². The normalized spacial score (nSPS) is 24.3. The number of carbonyl (C=O) groups excluding carboxylic acids is 1. The van der Waals surface area contributed by atoms with E-state index in [1.54, 1.807) is 0 Å². The lowest BCUT2D eigenvalue weighted by atomic mass is 9.86. The smallest absolute Gasteiger partial charge is 0.317 e. The first-order valence-corrected chi connectivity index (χ1v) is 9.64. The highest BCUT2D eigenvalue weighted by molar-refractivity contribution is 6.31. The fourth-order valence-electron chi connectivity index (χ4n) is 3.73. The molecule has 0 radical (unpaired) electrons. The fourth-order valence-corrected chi connectivity index (χ4v) is 3.92. The van der Waals surface area contributed by atoms with Crippen molar-refractivity contribution in [3.63, 3.8) is 0 Å². The van der Waals surface area contributed by atoms with Crippen LogP contribution in [0.3, 0.4) is 0 Å². The molecule has 6 nitrogen and oxygen atoms in total. The van der Waals surface area contributed by atoms with Gasteiger partial charge < -0.3 is 15.3 Å². The maximum absolute atomic E-state index is 12.5. The molecule has 2 amide bonds. The van der Waals surface area contributed by atoms with Crippen LogP contribution in [0, 0.1) is 5.92 Å². The minimum atomic E-state index is -0.718. The molecule has 0 aromatic heterocycles. The number of urea groups is 1. The van der Waals surface area contributed by atoms with Gasteiger partial charge in [0, 0.05) is 43.8 Å². The lowest BCUT2D eigenvalue weighted by molar-refractivity contribution is -0.142. The largest absolute Gasteiger partial charge is 0.481 e. The fraction of sp³-hybridized carbons (Fsp3) is 0.579. The third-order valence-corrected chi connectivity index (χ3v) is 5.78. The minimum absolute atomic E-state index is 0.0267. The molecular weight excluding hydrogens is 354 g/mol. The van der Waals surface area contributed by atoms with Crippen molar-refractivity contribution in [2.45, 2.75) is 38.3 Å². The van der Waals surface area contributed by atoms with Crippen LogP contribution in [0.5, 0.6) is 0 Å². The van der Waals surface area contributed by atoms with Crippen LogP contribution in [0.2, 0.25) is 5.02 Å². The van der Waals surface area contributed by atoms with Crippen LogP contribution in [-0.4, -0.2) is 59.1 Å². The Bertz CT molecular complexity index is 639. The van der Waals surface area contributed by atoms with Crippen LogP contribution < -0.4 is 5.32 Å². The van der Waals surface area contributed by atoms with Gasteiger partial charge in [0.1, 0.15) is 0 Å². The molecule has 0 bridgehead atoms. The van der Waals surface area contributed by atoms with Crippen molar-refractivity contribution in [3.05, 3.63) is 34.9 Å². The number of piperazine rings is 1. The predicted octanol–water partition coefficient (Wildman–Crippen LogP) is 2.81. The highest BCUT2D eigenvalue weighted by Crippen LogP contribution is 2.24. The summed E-state index contributed by atoms with van der Waals surface area (Å²) in [4.78, 5) is 27.6. The van der Waals surface area contributed by atoms with E-state index in [4.69, 9.17) is 16.7 Å². The van der Waals surface area contributed by atoms with Crippen LogP contribution in [0.15, 0.2) is 24.3 Å². The van der Waals surface area contributed by atoms with Crippen LogP contribution >= 0.6 is 11.6 Å². The number of halogens is 1. The Labute approximate surface area is 159 Å². The van der Waals surface area contributed by atoms with Crippen molar-refractivity contribution in [2.75, 3.05) is 26.2 Å². The molecule has 26 heavy (non-hydrogen) atoms. The molecule has 0 atom stereocenters. The minimum Gasteiger partial charge on any atom is -0.481 e. The van der Waals surface area contributed by atoms with Crippen molar-refractivity contribution >= 4 is 23.6 Å². The number of carboxylic acids is 1. The number of nitrogens with one attached hydrogen (secondary N) is 1. The van der Waals surface area contributed by atoms with E-state index in [9.17, 15) is 9.59 Å². The Morgan fingerprint density at radius 1 is 1.08 bits per heavy atom. The van der Waals surface area contributed by atoms with Gasteiger partial charge in [-0.3, -0.25) is 9.69 Å². The summed E-state index contributed by atoms with van der Waals surface area (Å²) in [5.41, 5.74) is 1.11. The second-order valence-corrected chi connectivity index (χ2v) is 7.60. The molecule has 1 heterocycles.